The van der Waals surface area contributed by atoms with E-state index in [1.807, 2.05) is 0 Å². The molecule has 1 N–H and O–H groups in total. The molecule has 0 aromatic heterocycles. The van der Waals surface area contributed by atoms with Crippen LogP contribution in [0, 0.1) is 0 Å². The molecule has 0 aromatic rings. The van der Waals surface area contributed by atoms with Crippen molar-refractivity contribution >= 4 is 5.97 Å². The van der Waals surface area contributed by atoms with Crippen molar-refractivity contribution in [3.05, 3.63) is 0 Å². The Morgan fingerprint density at radius 1 is 0.815 bits per heavy atom. The van der Waals surface area contributed by atoms with Gasteiger partial charge in [0.2, 0.25) is 0 Å². The fourth-order valence-corrected chi connectivity index (χ4v) is 4.26. The molecule has 1 saturated carbocycles. The van der Waals surface area contributed by atoms with Crippen molar-refractivity contribution in [2.24, 2.45) is 0 Å². The molecule has 0 saturated heterocycles. The van der Waals surface area contributed by atoms with E-state index in [2.05, 4.69) is 6.92 Å². The van der Waals surface area contributed by atoms with Crippen LogP contribution < -0.4 is 0 Å². The van der Waals surface area contributed by atoms with E-state index in [1.165, 1.54) is 109 Å². The summed E-state index contributed by atoms with van der Waals surface area (Å²) in [6.07, 6.45) is 25.6. The lowest BCUT2D eigenvalue weighted by molar-refractivity contribution is -0.137. The minimum absolute atomic E-state index is 0.334. The number of ether oxygens (including phenoxy) is 1. The highest BCUT2D eigenvalue weighted by molar-refractivity contribution is 5.66. The predicted octanol–water partition coefficient (Wildman–Crippen LogP) is 7.66. The van der Waals surface area contributed by atoms with E-state index < -0.39 is 5.97 Å². The topological polar surface area (TPSA) is 46.5 Å². The quantitative estimate of drug-likeness (QED) is 0.247. The van der Waals surface area contributed by atoms with Gasteiger partial charge in [0, 0.05) is 6.42 Å². The number of carboxylic acids is 1. The van der Waals surface area contributed by atoms with Crippen molar-refractivity contribution in [3.63, 3.8) is 0 Å². The Labute approximate surface area is 168 Å². The third kappa shape index (κ3) is 15.1. The van der Waals surface area contributed by atoms with E-state index in [-0.39, 0.29) is 0 Å². The van der Waals surface area contributed by atoms with Crippen LogP contribution in [0.15, 0.2) is 0 Å². The number of carbonyl (C=O) groups is 1. The van der Waals surface area contributed by atoms with Crippen LogP contribution in [0.4, 0.5) is 0 Å². The molecule has 1 unspecified atom stereocenters. The van der Waals surface area contributed by atoms with Crippen LogP contribution in [0.5, 0.6) is 0 Å². The van der Waals surface area contributed by atoms with Crippen LogP contribution >= 0.6 is 0 Å². The third-order valence-corrected chi connectivity index (χ3v) is 5.98. The second kappa shape index (κ2) is 17.5. The molecule has 0 bridgehead atoms. The van der Waals surface area contributed by atoms with Crippen molar-refractivity contribution in [1.29, 1.82) is 0 Å². The van der Waals surface area contributed by atoms with Gasteiger partial charge in [-0.25, -0.2) is 0 Å². The highest BCUT2D eigenvalue weighted by atomic mass is 16.5. The Bertz CT molecular complexity index is 337. The van der Waals surface area contributed by atoms with Gasteiger partial charge in [-0.15, -0.1) is 0 Å². The maximum absolute atomic E-state index is 10.5. The maximum atomic E-state index is 10.5. The first-order valence-corrected chi connectivity index (χ1v) is 12.1. The average Bonchev–Trinajstić information content (AvgIpc) is 2.67. The second-order valence-corrected chi connectivity index (χ2v) is 8.63. The smallest absolute Gasteiger partial charge is 0.303 e. The van der Waals surface area contributed by atoms with Crippen LogP contribution in [-0.2, 0) is 9.53 Å². The molecule has 160 valence electrons. The van der Waals surface area contributed by atoms with Gasteiger partial charge in [-0.05, 0) is 32.1 Å². The fourth-order valence-electron chi connectivity index (χ4n) is 4.26. The van der Waals surface area contributed by atoms with Gasteiger partial charge >= 0.3 is 5.97 Å². The maximum Gasteiger partial charge on any atom is 0.303 e. The lowest BCUT2D eigenvalue weighted by atomic mass is 9.96. The SMILES string of the molecule is CCCCCCC(CCCCCCCCCCC(=O)O)OC1CCCCC1. The summed E-state index contributed by atoms with van der Waals surface area (Å²) in [6, 6.07) is 0. The Morgan fingerprint density at radius 2 is 1.33 bits per heavy atom. The Hall–Kier alpha value is -0.570. The van der Waals surface area contributed by atoms with Gasteiger partial charge < -0.3 is 9.84 Å². The minimum atomic E-state index is -0.658. The number of rotatable bonds is 18. The number of hydrogen-bond acceptors (Lipinski definition) is 2. The van der Waals surface area contributed by atoms with Gasteiger partial charge in [-0.2, -0.15) is 0 Å². The summed E-state index contributed by atoms with van der Waals surface area (Å²) in [4.78, 5) is 10.5. The normalized spacial score (nSPS) is 16.5. The first-order chi connectivity index (χ1) is 13.2. The van der Waals surface area contributed by atoms with E-state index in [9.17, 15) is 4.79 Å². The molecule has 0 spiro atoms. The van der Waals surface area contributed by atoms with E-state index in [0.717, 1.165) is 12.8 Å². The summed E-state index contributed by atoms with van der Waals surface area (Å²) in [5, 5.41) is 8.63. The zero-order valence-corrected chi connectivity index (χ0v) is 18.1. The molecular formula is C24H46O3. The number of hydrogen-bond donors (Lipinski definition) is 1. The monoisotopic (exact) mass is 382 g/mol. The first kappa shape index (κ1) is 24.5. The summed E-state index contributed by atoms with van der Waals surface area (Å²) in [7, 11) is 0. The van der Waals surface area contributed by atoms with E-state index >= 15 is 0 Å². The molecule has 1 rings (SSSR count). The largest absolute Gasteiger partial charge is 0.481 e. The summed E-state index contributed by atoms with van der Waals surface area (Å²) in [6.45, 7) is 2.28. The molecule has 27 heavy (non-hydrogen) atoms. The number of aliphatic carboxylic acids is 1. The standard InChI is InChI=1S/C24H46O3/c1-2-3-4-12-17-22(27-23-19-14-11-15-20-23)18-13-9-7-5-6-8-10-16-21-24(25)26/h22-23H,2-21H2,1H3,(H,25,26). The van der Waals surface area contributed by atoms with E-state index in [0.29, 0.717) is 18.6 Å². The molecule has 3 nitrogen and oxygen atoms in total. The van der Waals surface area contributed by atoms with Gasteiger partial charge in [0.1, 0.15) is 0 Å². The van der Waals surface area contributed by atoms with Gasteiger partial charge in [-0.1, -0.05) is 96.8 Å². The molecule has 0 amide bonds. The Morgan fingerprint density at radius 3 is 1.89 bits per heavy atom. The van der Waals surface area contributed by atoms with Crippen molar-refractivity contribution in [3.8, 4) is 0 Å². The summed E-state index contributed by atoms with van der Waals surface area (Å²) in [5.74, 6) is -0.658. The molecular weight excluding hydrogens is 336 g/mol. The molecule has 1 fully saturated rings. The van der Waals surface area contributed by atoms with Crippen molar-refractivity contribution < 1.29 is 14.6 Å². The second-order valence-electron chi connectivity index (χ2n) is 8.63. The van der Waals surface area contributed by atoms with Crippen LogP contribution in [0.1, 0.15) is 135 Å². The molecule has 3 heteroatoms. The van der Waals surface area contributed by atoms with Crippen LogP contribution in [0.2, 0.25) is 0 Å². The summed E-state index contributed by atoms with van der Waals surface area (Å²) < 4.78 is 6.51. The van der Waals surface area contributed by atoms with Gasteiger partial charge in [0.15, 0.2) is 0 Å². The average molecular weight is 383 g/mol. The Balaban J connectivity index is 2.06. The molecule has 1 atom stereocenters. The third-order valence-electron chi connectivity index (χ3n) is 5.98. The molecule has 0 aliphatic heterocycles. The van der Waals surface area contributed by atoms with Crippen LogP contribution in [-0.4, -0.2) is 23.3 Å². The van der Waals surface area contributed by atoms with E-state index in [4.69, 9.17) is 9.84 Å². The molecule has 1 aliphatic rings. The number of unbranched alkanes of at least 4 members (excludes halogenated alkanes) is 10. The van der Waals surface area contributed by atoms with Gasteiger partial charge in [0.05, 0.1) is 12.2 Å². The van der Waals surface area contributed by atoms with Gasteiger partial charge in [0.25, 0.3) is 0 Å². The zero-order chi connectivity index (χ0) is 19.6. The molecule has 0 heterocycles. The zero-order valence-electron chi connectivity index (χ0n) is 18.1. The van der Waals surface area contributed by atoms with Gasteiger partial charge in [-0.3, -0.25) is 4.79 Å². The molecule has 0 radical (unpaired) electrons. The fraction of sp³-hybridized carbons (Fsp3) is 0.958. The highest BCUT2D eigenvalue weighted by Gasteiger charge is 2.18. The van der Waals surface area contributed by atoms with Crippen molar-refractivity contribution in [2.45, 2.75) is 148 Å². The van der Waals surface area contributed by atoms with Crippen LogP contribution in [0.3, 0.4) is 0 Å². The number of carboxylic acid groups (broad SMARTS) is 1. The molecule has 0 aromatic carbocycles. The highest BCUT2D eigenvalue weighted by Crippen LogP contribution is 2.25. The summed E-state index contributed by atoms with van der Waals surface area (Å²) in [5.41, 5.74) is 0. The lowest BCUT2D eigenvalue weighted by Gasteiger charge is -2.28. The minimum Gasteiger partial charge on any atom is -0.481 e. The first-order valence-electron chi connectivity index (χ1n) is 12.1. The Kier molecular flexibility index (Phi) is 15.9. The van der Waals surface area contributed by atoms with Crippen LogP contribution in [0.25, 0.3) is 0 Å². The lowest BCUT2D eigenvalue weighted by Crippen LogP contribution is -2.24. The summed E-state index contributed by atoms with van der Waals surface area (Å²) >= 11 is 0. The predicted molar refractivity (Wildman–Crippen MR) is 114 cm³/mol. The van der Waals surface area contributed by atoms with Crippen molar-refractivity contribution in [1.82, 2.24) is 0 Å². The molecule has 1 aliphatic carbocycles. The van der Waals surface area contributed by atoms with E-state index in [1.54, 1.807) is 0 Å². The van der Waals surface area contributed by atoms with Crippen molar-refractivity contribution in [2.75, 3.05) is 0 Å².